The Morgan fingerprint density at radius 2 is 1.84 bits per heavy atom. The number of esters is 1. The van der Waals surface area contributed by atoms with Gasteiger partial charge in [0.2, 0.25) is 0 Å². The zero-order valence-corrected chi connectivity index (χ0v) is 12.2. The molecule has 6 nitrogen and oxygen atoms in total. The van der Waals surface area contributed by atoms with Crippen LogP contribution in [0.3, 0.4) is 0 Å². The molecular formula is C13H25NO5. The summed E-state index contributed by atoms with van der Waals surface area (Å²) in [5, 5.41) is 20.2. The van der Waals surface area contributed by atoms with Gasteiger partial charge in [-0.15, -0.1) is 0 Å². The summed E-state index contributed by atoms with van der Waals surface area (Å²) in [7, 11) is 5.63. The fraction of sp³-hybridized carbons (Fsp3) is 0.846. The van der Waals surface area contributed by atoms with Crippen molar-refractivity contribution in [1.82, 2.24) is 0 Å². The SMILES string of the molecule is CCCC(O)CC(=O)OC(CC(=O)[O-])C[N+](C)(C)C. The van der Waals surface area contributed by atoms with Crippen molar-refractivity contribution in [2.24, 2.45) is 0 Å². The average Bonchev–Trinajstić information content (AvgIpc) is 2.12. The molecule has 112 valence electrons. The first-order chi connectivity index (χ1) is 8.64. The number of nitrogens with zero attached hydrogens (tertiary/aromatic N) is 1. The maximum absolute atomic E-state index is 11.6. The minimum Gasteiger partial charge on any atom is -0.550 e. The number of aliphatic hydroxyl groups is 1. The van der Waals surface area contributed by atoms with Gasteiger partial charge in [0.25, 0.3) is 0 Å². The van der Waals surface area contributed by atoms with Gasteiger partial charge >= 0.3 is 5.97 Å². The Kier molecular flexibility index (Phi) is 7.63. The van der Waals surface area contributed by atoms with E-state index in [1.54, 1.807) is 0 Å². The van der Waals surface area contributed by atoms with Crippen molar-refractivity contribution in [3.8, 4) is 0 Å². The van der Waals surface area contributed by atoms with Crippen LogP contribution in [0.2, 0.25) is 0 Å². The Balaban J connectivity index is 4.38. The number of ether oxygens (including phenoxy) is 1. The van der Waals surface area contributed by atoms with E-state index in [2.05, 4.69) is 0 Å². The van der Waals surface area contributed by atoms with Gasteiger partial charge in [0.15, 0.2) is 6.10 Å². The Labute approximate surface area is 114 Å². The summed E-state index contributed by atoms with van der Waals surface area (Å²) < 4.78 is 5.59. The molecule has 0 aromatic rings. The molecule has 0 radical (unpaired) electrons. The molecule has 0 aliphatic carbocycles. The van der Waals surface area contributed by atoms with Gasteiger partial charge in [-0.1, -0.05) is 13.3 Å². The van der Waals surface area contributed by atoms with Gasteiger partial charge in [-0.25, -0.2) is 0 Å². The monoisotopic (exact) mass is 275 g/mol. The number of carbonyl (C=O) groups excluding carboxylic acids is 2. The van der Waals surface area contributed by atoms with E-state index in [1.807, 2.05) is 28.1 Å². The minimum atomic E-state index is -1.25. The maximum atomic E-state index is 11.6. The van der Waals surface area contributed by atoms with Crippen LogP contribution in [0.25, 0.3) is 0 Å². The molecule has 0 bridgehead atoms. The van der Waals surface area contributed by atoms with E-state index < -0.39 is 24.1 Å². The predicted octanol–water partition coefficient (Wildman–Crippen LogP) is -0.704. The number of carboxylic acids is 1. The van der Waals surface area contributed by atoms with Gasteiger partial charge in [0.1, 0.15) is 6.54 Å². The van der Waals surface area contributed by atoms with Crippen LogP contribution in [0.15, 0.2) is 0 Å². The average molecular weight is 275 g/mol. The van der Waals surface area contributed by atoms with Crippen LogP contribution < -0.4 is 5.11 Å². The second-order valence-electron chi connectivity index (χ2n) is 5.81. The molecule has 0 saturated heterocycles. The molecule has 0 spiro atoms. The van der Waals surface area contributed by atoms with Gasteiger partial charge in [0.05, 0.1) is 33.7 Å². The van der Waals surface area contributed by atoms with Crippen LogP contribution in [-0.4, -0.2) is 61.4 Å². The van der Waals surface area contributed by atoms with Crippen molar-refractivity contribution in [1.29, 1.82) is 0 Å². The lowest BCUT2D eigenvalue weighted by Gasteiger charge is -2.29. The molecule has 19 heavy (non-hydrogen) atoms. The van der Waals surface area contributed by atoms with Crippen molar-refractivity contribution in [3.05, 3.63) is 0 Å². The van der Waals surface area contributed by atoms with Crippen molar-refractivity contribution in [3.63, 3.8) is 0 Å². The molecule has 0 aliphatic heterocycles. The van der Waals surface area contributed by atoms with Gasteiger partial charge in [-0.2, -0.15) is 0 Å². The molecule has 2 atom stereocenters. The summed E-state index contributed by atoms with van der Waals surface area (Å²) >= 11 is 0. The van der Waals surface area contributed by atoms with E-state index in [0.717, 1.165) is 6.42 Å². The quantitative estimate of drug-likeness (QED) is 0.444. The summed E-state index contributed by atoms with van der Waals surface area (Å²) in [4.78, 5) is 22.2. The fourth-order valence-corrected chi connectivity index (χ4v) is 1.80. The number of carbonyl (C=O) groups is 2. The molecule has 1 N–H and O–H groups in total. The fourth-order valence-electron chi connectivity index (χ4n) is 1.80. The largest absolute Gasteiger partial charge is 0.550 e. The Hall–Kier alpha value is -1.14. The van der Waals surface area contributed by atoms with Gasteiger partial charge in [-0.05, 0) is 6.42 Å². The van der Waals surface area contributed by atoms with Gasteiger partial charge in [0, 0.05) is 12.4 Å². The van der Waals surface area contributed by atoms with Crippen LogP contribution >= 0.6 is 0 Å². The number of quaternary nitrogens is 1. The summed E-state index contributed by atoms with van der Waals surface area (Å²) in [6.45, 7) is 2.29. The van der Waals surface area contributed by atoms with Crippen LogP contribution in [0, 0.1) is 0 Å². The molecule has 0 aromatic carbocycles. The number of carboxylic acid groups (broad SMARTS) is 1. The van der Waals surface area contributed by atoms with Crippen molar-refractivity contribution in [2.45, 2.75) is 44.8 Å². The Morgan fingerprint density at radius 1 is 1.26 bits per heavy atom. The number of hydrogen-bond acceptors (Lipinski definition) is 5. The third kappa shape index (κ3) is 10.5. The minimum absolute atomic E-state index is 0.103. The molecule has 0 amide bonds. The van der Waals surface area contributed by atoms with Crippen LogP contribution in [0.1, 0.15) is 32.6 Å². The molecule has 2 unspecified atom stereocenters. The highest BCUT2D eigenvalue weighted by Crippen LogP contribution is 2.08. The third-order valence-electron chi connectivity index (χ3n) is 2.47. The second-order valence-corrected chi connectivity index (χ2v) is 5.81. The van der Waals surface area contributed by atoms with E-state index in [0.29, 0.717) is 17.4 Å². The first-order valence-corrected chi connectivity index (χ1v) is 6.52. The number of hydrogen-bond donors (Lipinski definition) is 1. The number of aliphatic hydroxyl groups excluding tert-OH is 1. The third-order valence-corrected chi connectivity index (χ3v) is 2.47. The van der Waals surface area contributed by atoms with E-state index in [1.165, 1.54) is 0 Å². The summed E-state index contributed by atoms with van der Waals surface area (Å²) in [6.07, 6.45) is -0.595. The molecule has 0 heterocycles. The van der Waals surface area contributed by atoms with Crippen LogP contribution in [-0.2, 0) is 14.3 Å². The van der Waals surface area contributed by atoms with Gasteiger partial charge < -0.3 is 24.2 Å². The molecular weight excluding hydrogens is 250 g/mol. The summed E-state index contributed by atoms with van der Waals surface area (Å²) in [5.41, 5.74) is 0. The van der Waals surface area contributed by atoms with E-state index in [4.69, 9.17) is 4.74 Å². The lowest BCUT2D eigenvalue weighted by atomic mass is 10.1. The van der Waals surface area contributed by atoms with Crippen molar-refractivity contribution in [2.75, 3.05) is 27.7 Å². The van der Waals surface area contributed by atoms with E-state index >= 15 is 0 Å². The van der Waals surface area contributed by atoms with E-state index in [9.17, 15) is 19.8 Å². The highest BCUT2D eigenvalue weighted by Gasteiger charge is 2.23. The number of likely N-dealkylation sites (N-methyl/N-ethyl adjacent to an activating group) is 1. The highest BCUT2D eigenvalue weighted by atomic mass is 16.5. The number of rotatable bonds is 9. The molecule has 0 aromatic heterocycles. The van der Waals surface area contributed by atoms with E-state index in [-0.39, 0.29) is 12.8 Å². The standard InChI is InChI=1S/C13H25NO5/c1-5-6-10(15)7-13(18)19-11(8-12(16)17)9-14(2,3)4/h10-11,15H,5-9H2,1-4H3. The van der Waals surface area contributed by atoms with Gasteiger partial charge in [-0.3, -0.25) is 4.79 Å². The second kappa shape index (κ2) is 8.12. The zero-order chi connectivity index (χ0) is 15.1. The molecule has 6 heteroatoms. The maximum Gasteiger partial charge on any atom is 0.308 e. The normalized spacial score (nSPS) is 14.8. The predicted molar refractivity (Wildman–Crippen MR) is 67.9 cm³/mol. The van der Waals surface area contributed by atoms with Crippen LogP contribution in [0.5, 0.6) is 0 Å². The topological polar surface area (TPSA) is 86.7 Å². The van der Waals surface area contributed by atoms with Crippen LogP contribution in [0.4, 0.5) is 0 Å². The molecule has 0 rings (SSSR count). The first-order valence-electron chi connectivity index (χ1n) is 6.52. The highest BCUT2D eigenvalue weighted by molar-refractivity contribution is 5.71. The number of aliphatic carboxylic acids is 1. The summed E-state index contributed by atoms with van der Waals surface area (Å²) in [5.74, 6) is -1.82. The summed E-state index contributed by atoms with van der Waals surface area (Å²) in [6, 6.07) is 0. The Morgan fingerprint density at radius 3 is 2.26 bits per heavy atom. The Bertz CT molecular complexity index is 298. The zero-order valence-electron chi connectivity index (χ0n) is 12.2. The van der Waals surface area contributed by atoms with Crippen molar-refractivity contribution >= 4 is 11.9 Å². The first kappa shape index (κ1) is 17.9. The molecule has 0 saturated carbocycles. The molecule has 0 fully saturated rings. The van der Waals surface area contributed by atoms with Crippen molar-refractivity contribution < 1.29 is 29.0 Å². The lowest BCUT2D eigenvalue weighted by Crippen LogP contribution is -2.45. The molecule has 0 aliphatic rings. The smallest absolute Gasteiger partial charge is 0.308 e. The lowest BCUT2D eigenvalue weighted by molar-refractivity contribution is -0.873.